The number of nitrogens with two attached hydrogens (primary N) is 1. The Morgan fingerprint density at radius 3 is 2.72 bits per heavy atom. The molecule has 0 atom stereocenters. The zero-order valence-electron chi connectivity index (χ0n) is 11.0. The molecule has 98 valence electrons. The molecule has 0 aromatic heterocycles. The van der Waals surface area contributed by atoms with E-state index in [1.165, 1.54) is 5.56 Å². The summed E-state index contributed by atoms with van der Waals surface area (Å²) in [5, 5.41) is 3.11. The third-order valence-corrected chi connectivity index (χ3v) is 3.58. The van der Waals surface area contributed by atoms with Crippen molar-refractivity contribution in [3.63, 3.8) is 0 Å². The standard InChI is InChI=1S/C15H22N2O/c1-11-3-2-4-12(9-11)10-15(18)17-14-7-5-13(16)6-8-14/h2-4,9,13-14H,5-8,10,16H2,1H3,(H,17,18). The molecule has 2 rings (SSSR count). The second kappa shape index (κ2) is 6.01. The van der Waals surface area contributed by atoms with Gasteiger partial charge in [-0.2, -0.15) is 0 Å². The lowest BCUT2D eigenvalue weighted by atomic mass is 9.91. The third kappa shape index (κ3) is 3.84. The number of aryl methyl sites for hydroxylation is 1. The Labute approximate surface area is 109 Å². The second-order valence-corrected chi connectivity index (χ2v) is 5.35. The van der Waals surface area contributed by atoms with Crippen molar-refractivity contribution in [1.82, 2.24) is 5.32 Å². The number of benzene rings is 1. The molecule has 3 heteroatoms. The van der Waals surface area contributed by atoms with Crippen molar-refractivity contribution in [2.45, 2.75) is 51.1 Å². The minimum Gasteiger partial charge on any atom is -0.353 e. The van der Waals surface area contributed by atoms with Gasteiger partial charge in [-0.3, -0.25) is 4.79 Å². The van der Waals surface area contributed by atoms with Crippen molar-refractivity contribution in [1.29, 1.82) is 0 Å². The quantitative estimate of drug-likeness (QED) is 0.856. The summed E-state index contributed by atoms with van der Waals surface area (Å²) >= 11 is 0. The molecule has 1 amide bonds. The predicted molar refractivity (Wildman–Crippen MR) is 73.3 cm³/mol. The summed E-state index contributed by atoms with van der Waals surface area (Å²) in [6.07, 6.45) is 4.55. The molecule has 0 bridgehead atoms. The highest BCUT2D eigenvalue weighted by Crippen LogP contribution is 2.17. The molecule has 0 spiro atoms. The minimum absolute atomic E-state index is 0.126. The van der Waals surface area contributed by atoms with Crippen LogP contribution in [0.1, 0.15) is 36.8 Å². The first kappa shape index (κ1) is 13.1. The summed E-state index contributed by atoms with van der Waals surface area (Å²) in [7, 11) is 0. The lowest BCUT2D eigenvalue weighted by Crippen LogP contribution is -2.41. The zero-order chi connectivity index (χ0) is 13.0. The van der Waals surface area contributed by atoms with E-state index in [9.17, 15) is 4.79 Å². The van der Waals surface area contributed by atoms with Gasteiger partial charge < -0.3 is 11.1 Å². The van der Waals surface area contributed by atoms with Gasteiger partial charge in [-0.05, 0) is 38.2 Å². The van der Waals surface area contributed by atoms with Crippen LogP contribution in [0.4, 0.5) is 0 Å². The van der Waals surface area contributed by atoms with Gasteiger partial charge in [0.2, 0.25) is 5.91 Å². The normalized spacial score (nSPS) is 23.7. The van der Waals surface area contributed by atoms with Crippen LogP contribution in [0.3, 0.4) is 0 Å². The summed E-state index contributed by atoms with van der Waals surface area (Å²) in [5.74, 6) is 0.126. The Kier molecular flexibility index (Phi) is 4.37. The van der Waals surface area contributed by atoms with Crippen molar-refractivity contribution in [3.05, 3.63) is 35.4 Å². The minimum atomic E-state index is 0.126. The number of hydrogen-bond acceptors (Lipinski definition) is 2. The number of carbonyl (C=O) groups excluding carboxylic acids is 1. The van der Waals surface area contributed by atoms with Gasteiger partial charge in [0.05, 0.1) is 6.42 Å². The van der Waals surface area contributed by atoms with Crippen LogP contribution < -0.4 is 11.1 Å². The summed E-state index contributed by atoms with van der Waals surface area (Å²) in [6.45, 7) is 2.05. The maximum Gasteiger partial charge on any atom is 0.224 e. The largest absolute Gasteiger partial charge is 0.353 e. The Morgan fingerprint density at radius 1 is 1.33 bits per heavy atom. The molecule has 1 aromatic carbocycles. The van der Waals surface area contributed by atoms with Gasteiger partial charge in [0, 0.05) is 12.1 Å². The predicted octanol–water partition coefficient (Wildman–Crippen LogP) is 1.92. The average Bonchev–Trinajstić information content (AvgIpc) is 2.32. The maximum atomic E-state index is 11.9. The highest BCUT2D eigenvalue weighted by molar-refractivity contribution is 5.78. The van der Waals surface area contributed by atoms with Crippen molar-refractivity contribution >= 4 is 5.91 Å². The number of carbonyl (C=O) groups is 1. The van der Waals surface area contributed by atoms with Crippen molar-refractivity contribution < 1.29 is 4.79 Å². The van der Waals surface area contributed by atoms with E-state index < -0.39 is 0 Å². The molecule has 18 heavy (non-hydrogen) atoms. The molecule has 1 aliphatic carbocycles. The first-order chi connectivity index (χ1) is 8.63. The number of hydrogen-bond donors (Lipinski definition) is 2. The molecular weight excluding hydrogens is 224 g/mol. The number of rotatable bonds is 3. The van der Waals surface area contributed by atoms with Crippen LogP contribution in [0, 0.1) is 6.92 Å². The fraction of sp³-hybridized carbons (Fsp3) is 0.533. The number of nitrogens with one attached hydrogen (secondary N) is 1. The zero-order valence-corrected chi connectivity index (χ0v) is 11.0. The summed E-state index contributed by atoms with van der Waals surface area (Å²) in [5.41, 5.74) is 8.14. The van der Waals surface area contributed by atoms with Gasteiger partial charge in [-0.1, -0.05) is 29.8 Å². The first-order valence-corrected chi connectivity index (χ1v) is 6.74. The third-order valence-electron chi connectivity index (χ3n) is 3.58. The lowest BCUT2D eigenvalue weighted by molar-refractivity contribution is -0.121. The van der Waals surface area contributed by atoms with E-state index in [1.54, 1.807) is 0 Å². The fourth-order valence-electron chi connectivity index (χ4n) is 2.55. The topological polar surface area (TPSA) is 55.1 Å². The van der Waals surface area contributed by atoms with E-state index >= 15 is 0 Å². The maximum absolute atomic E-state index is 11.9. The molecule has 3 nitrogen and oxygen atoms in total. The van der Waals surface area contributed by atoms with E-state index in [-0.39, 0.29) is 5.91 Å². The Morgan fingerprint density at radius 2 is 2.06 bits per heavy atom. The molecule has 0 saturated heterocycles. The van der Waals surface area contributed by atoms with E-state index in [4.69, 9.17) is 5.73 Å². The molecule has 1 fully saturated rings. The lowest BCUT2D eigenvalue weighted by Gasteiger charge is -2.26. The summed E-state index contributed by atoms with van der Waals surface area (Å²) in [4.78, 5) is 11.9. The molecule has 1 aromatic rings. The van der Waals surface area contributed by atoms with Crippen LogP contribution in [-0.4, -0.2) is 18.0 Å². The van der Waals surface area contributed by atoms with E-state index in [0.717, 1.165) is 31.2 Å². The van der Waals surface area contributed by atoms with Gasteiger partial charge in [-0.15, -0.1) is 0 Å². The van der Waals surface area contributed by atoms with Gasteiger partial charge >= 0.3 is 0 Å². The summed E-state index contributed by atoms with van der Waals surface area (Å²) in [6, 6.07) is 8.76. The van der Waals surface area contributed by atoms with Crippen LogP contribution >= 0.6 is 0 Å². The van der Waals surface area contributed by atoms with E-state index in [0.29, 0.717) is 18.5 Å². The average molecular weight is 246 g/mol. The molecule has 3 N–H and O–H groups in total. The molecule has 0 radical (unpaired) electrons. The molecule has 1 aliphatic rings. The summed E-state index contributed by atoms with van der Waals surface area (Å²) < 4.78 is 0. The smallest absolute Gasteiger partial charge is 0.224 e. The second-order valence-electron chi connectivity index (χ2n) is 5.35. The number of amides is 1. The molecule has 0 aliphatic heterocycles. The van der Waals surface area contributed by atoms with Crippen molar-refractivity contribution in [3.8, 4) is 0 Å². The molecule has 0 heterocycles. The van der Waals surface area contributed by atoms with Gasteiger partial charge in [0.15, 0.2) is 0 Å². The van der Waals surface area contributed by atoms with Crippen molar-refractivity contribution in [2.75, 3.05) is 0 Å². The van der Waals surface area contributed by atoms with Gasteiger partial charge in [0.1, 0.15) is 0 Å². The van der Waals surface area contributed by atoms with E-state index in [1.807, 2.05) is 25.1 Å². The van der Waals surface area contributed by atoms with Crippen LogP contribution in [0.2, 0.25) is 0 Å². The molecular formula is C15H22N2O. The van der Waals surface area contributed by atoms with Crippen molar-refractivity contribution in [2.24, 2.45) is 5.73 Å². The highest BCUT2D eigenvalue weighted by Gasteiger charge is 2.19. The van der Waals surface area contributed by atoms with Gasteiger partial charge in [-0.25, -0.2) is 0 Å². The Bertz CT molecular complexity index is 409. The SMILES string of the molecule is Cc1cccc(CC(=O)NC2CCC(N)CC2)c1. The van der Waals surface area contributed by atoms with Crippen LogP contribution in [-0.2, 0) is 11.2 Å². The molecule has 0 unspecified atom stereocenters. The fourth-order valence-corrected chi connectivity index (χ4v) is 2.55. The molecule has 1 saturated carbocycles. The van der Waals surface area contributed by atoms with Crippen LogP contribution in [0.15, 0.2) is 24.3 Å². The van der Waals surface area contributed by atoms with Crippen LogP contribution in [0.25, 0.3) is 0 Å². The Hall–Kier alpha value is -1.35. The van der Waals surface area contributed by atoms with Crippen LogP contribution in [0.5, 0.6) is 0 Å². The first-order valence-electron chi connectivity index (χ1n) is 6.74. The highest BCUT2D eigenvalue weighted by atomic mass is 16.1. The van der Waals surface area contributed by atoms with Gasteiger partial charge in [0.25, 0.3) is 0 Å². The van der Waals surface area contributed by atoms with E-state index in [2.05, 4.69) is 11.4 Å². The Balaban J connectivity index is 1.82. The monoisotopic (exact) mass is 246 g/mol.